The Kier molecular flexibility index (Phi) is 6.01. The highest BCUT2D eigenvalue weighted by atomic mass is 79.9. The van der Waals surface area contributed by atoms with Crippen LogP contribution in [0.2, 0.25) is 0 Å². The molecule has 2 aromatic rings. The molecule has 4 nitrogen and oxygen atoms in total. The Balaban J connectivity index is 1.93. The number of benzene rings is 2. The van der Waals surface area contributed by atoms with Gasteiger partial charge in [0, 0.05) is 0 Å². The van der Waals surface area contributed by atoms with Crippen LogP contribution < -0.4 is 14.4 Å². The van der Waals surface area contributed by atoms with Crippen molar-refractivity contribution in [2.45, 2.75) is 6.92 Å². The quantitative estimate of drug-likeness (QED) is 0.459. The molecule has 0 spiro atoms. The number of carbonyl (C=O) groups excluding carboxylic acids is 1. The fraction of sp³-hybridized carbons (Fsp3) is 0.158. The summed E-state index contributed by atoms with van der Waals surface area (Å²) in [5.41, 5.74) is 1.55. The molecule has 0 saturated carbocycles. The molecule has 0 N–H and O–H groups in total. The fourth-order valence-electron chi connectivity index (χ4n) is 2.52. The third kappa shape index (κ3) is 3.79. The second-order valence-electron chi connectivity index (χ2n) is 5.31. The largest absolute Gasteiger partial charge is 0.496 e. The number of halogens is 1. The summed E-state index contributed by atoms with van der Waals surface area (Å²) in [7, 11) is 1.61. The number of rotatable bonds is 5. The molecule has 0 atom stereocenters. The van der Waals surface area contributed by atoms with Gasteiger partial charge >= 0.3 is 0 Å². The number of para-hydroxylation sites is 2. The first-order valence-corrected chi connectivity index (χ1v) is 9.90. The lowest BCUT2D eigenvalue weighted by molar-refractivity contribution is -0.113. The average Bonchev–Trinajstić information content (AvgIpc) is 2.90. The molecule has 0 bridgehead atoms. The SMILES string of the molecule is CCOc1ccccc1N1C(=O)/C(=C/c2ccc(OC)c(Br)c2)SC1=S. The van der Waals surface area contributed by atoms with E-state index in [0.29, 0.717) is 27.3 Å². The number of thioether (sulfide) groups is 1. The monoisotopic (exact) mass is 449 g/mol. The molecule has 26 heavy (non-hydrogen) atoms. The summed E-state index contributed by atoms with van der Waals surface area (Å²) in [5.74, 6) is 1.22. The Morgan fingerprint density at radius 2 is 2.00 bits per heavy atom. The van der Waals surface area contributed by atoms with Crippen molar-refractivity contribution in [1.29, 1.82) is 0 Å². The maximum absolute atomic E-state index is 12.9. The zero-order valence-electron chi connectivity index (χ0n) is 14.2. The van der Waals surface area contributed by atoms with Crippen LogP contribution in [0, 0.1) is 0 Å². The fourth-order valence-corrected chi connectivity index (χ4v) is 4.36. The van der Waals surface area contributed by atoms with Gasteiger partial charge in [0.2, 0.25) is 0 Å². The number of ether oxygens (including phenoxy) is 2. The van der Waals surface area contributed by atoms with Gasteiger partial charge in [0.1, 0.15) is 11.5 Å². The van der Waals surface area contributed by atoms with Crippen LogP contribution in [-0.2, 0) is 4.79 Å². The van der Waals surface area contributed by atoms with Gasteiger partial charge in [-0.3, -0.25) is 9.69 Å². The van der Waals surface area contributed by atoms with Crippen molar-refractivity contribution in [3.63, 3.8) is 0 Å². The van der Waals surface area contributed by atoms with Crippen LogP contribution in [0.25, 0.3) is 6.08 Å². The van der Waals surface area contributed by atoms with Gasteiger partial charge in [0.25, 0.3) is 5.91 Å². The first-order valence-electron chi connectivity index (χ1n) is 7.88. The second-order valence-corrected chi connectivity index (χ2v) is 7.84. The number of carbonyl (C=O) groups is 1. The molecule has 7 heteroatoms. The van der Waals surface area contributed by atoms with Crippen LogP contribution >= 0.6 is 39.9 Å². The lowest BCUT2D eigenvalue weighted by Crippen LogP contribution is -2.28. The van der Waals surface area contributed by atoms with Crippen LogP contribution in [0.4, 0.5) is 5.69 Å². The van der Waals surface area contributed by atoms with Gasteiger partial charge < -0.3 is 9.47 Å². The molecule has 134 valence electrons. The Morgan fingerprint density at radius 3 is 2.69 bits per heavy atom. The topological polar surface area (TPSA) is 38.8 Å². The van der Waals surface area contributed by atoms with Crippen molar-refractivity contribution in [2.24, 2.45) is 0 Å². The molecule has 0 aromatic heterocycles. The predicted octanol–water partition coefficient (Wildman–Crippen LogP) is 5.26. The Bertz CT molecular complexity index is 898. The number of nitrogens with zero attached hydrogens (tertiary/aromatic N) is 1. The molecule has 3 rings (SSSR count). The number of hydrogen-bond acceptors (Lipinski definition) is 5. The molecule has 1 fully saturated rings. The minimum atomic E-state index is -0.154. The van der Waals surface area contributed by atoms with Crippen LogP contribution in [-0.4, -0.2) is 23.9 Å². The minimum Gasteiger partial charge on any atom is -0.496 e. The summed E-state index contributed by atoms with van der Waals surface area (Å²) in [6.45, 7) is 2.42. The van der Waals surface area contributed by atoms with Crippen molar-refractivity contribution in [1.82, 2.24) is 0 Å². The van der Waals surface area contributed by atoms with E-state index in [2.05, 4.69) is 15.9 Å². The van der Waals surface area contributed by atoms with E-state index in [1.165, 1.54) is 16.7 Å². The first-order chi connectivity index (χ1) is 12.5. The molecule has 1 saturated heterocycles. The van der Waals surface area contributed by atoms with E-state index < -0.39 is 0 Å². The molecule has 1 amide bonds. The van der Waals surface area contributed by atoms with Gasteiger partial charge in [0.15, 0.2) is 4.32 Å². The standard InChI is InChI=1S/C19H16BrNO3S2/c1-3-24-16-7-5-4-6-14(16)21-18(22)17(26-19(21)25)11-12-8-9-15(23-2)13(20)10-12/h4-11H,3H2,1-2H3/b17-11-. The number of amides is 1. The van der Waals surface area contributed by atoms with Crippen molar-refractivity contribution in [2.75, 3.05) is 18.6 Å². The Hall–Kier alpha value is -1.83. The highest BCUT2D eigenvalue weighted by molar-refractivity contribution is 9.10. The molecule has 1 heterocycles. The maximum atomic E-state index is 12.9. The lowest BCUT2D eigenvalue weighted by Gasteiger charge is -2.18. The maximum Gasteiger partial charge on any atom is 0.270 e. The molecule has 0 unspecified atom stereocenters. The van der Waals surface area contributed by atoms with Crippen LogP contribution in [0.5, 0.6) is 11.5 Å². The molecular formula is C19H16BrNO3S2. The average molecular weight is 450 g/mol. The van der Waals surface area contributed by atoms with E-state index in [1.54, 1.807) is 7.11 Å². The lowest BCUT2D eigenvalue weighted by atomic mass is 10.2. The molecule has 1 aliphatic heterocycles. The summed E-state index contributed by atoms with van der Waals surface area (Å²) in [6.07, 6.45) is 1.83. The van der Waals surface area contributed by atoms with E-state index in [-0.39, 0.29) is 5.91 Å². The van der Waals surface area contributed by atoms with E-state index in [1.807, 2.05) is 55.5 Å². The normalized spacial score (nSPS) is 15.7. The van der Waals surface area contributed by atoms with E-state index in [9.17, 15) is 4.79 Å². The zero-order chi connectivity index (χ0) is 18.7. The van der Waals surface area contributed by atoms with Crippen LogP contribution in [0.15, 0.2) is 51.8 Å². The zero-order valence-corrected chi connectivity index (χ0v) is 17.4. The number of thiocarbonyl (C=S) groups is 1. The summed E-state index contributed by atoms with van der Waals surface area (Å²) in [6, 6.07) is 13.0. The van der Waals surface area contributed by atoms with Crippen LogP contribution in [0.1, 0.15) is 12.5 Å². The van der Waals surface area contributed by atoms with Gasteiger partial charge in [-0.15, -0.1) is 0 Å². The van der Waals surface area contributed by atoms with E-state index in [4.69, 9.17) is 21.7 Å². The van der Waals surface area contributed by atoms with Crippen molar-refractivity contribution in [3.8, 4) is 11.5 Å². The van der Waals surface area contributed by atoms with Gasteiger partial charge in [0.05, 0.1) is 28.8 Å². The molecule has 0 aliphatic carbocycles. The Labute approximate surface area is 170 Å². The van der Waals surface area contributed by atoms with Gasteiger partial charge in [-0.1, -0.05) is 42.2 Å². The van der Waals surface area contributed by atoms with Gasteiger partial charge in [-0.2, -0.15) is 0 Å². The third-order valence-corrected chi connectivity index (χ3v) is 5.60. The van der Waals surface area contributed by atoms with Crippen molar-refractivity contribution in [3.05, 3.63) is 57.4 Å². The van der Waals surface area contributed by atoms with Crippen molar-refractivity contribution >= 4 is 61.9 Å². The molecule has 2 aromatic carbocycles. The summed E-state index contributed by atoms with van der Waals surface area (Å²) in [4.78, 5) is 15.0. The van der Waals surface area contributed by atoms with Gasteiger partial charge in [-0.05, 0) is 58.8 Å². The van der Waals surface area contributed by atoms with E-state index in [0.717, 1.165) is 15.8 Å². The molecule has 1 aliphatic rings. The number of hydrogen-bond donors (Lipinski definition) is 0. The predicted molar refractivity (Wildman–Crippen MR) is 114 cm³/mol. The van der Waals surface area contributed by atoms with Crippen molar-refractivity contribution < 1.29 is 14.3 Å². The molecule has 0 radical (unpaired) electrons. The first kappa shape index (κ1) is 18.9. The summed E-state index contributed by atoms with van der Waals surface area (Å²) >= 11 is 10.2. The highest BCUT2D eigenvalue weighted by Crippen LogP contribution is 2.40. The summed E-state index contributed by atoms with van der Waals surface area (Å²) < 4.78 is 12.2. The summed E-state index contributed by atoms with van der Waals surface area (Å²) in [5, 5.41) is 0. The minimum absolute atomic E-state index is 0.154. The number of methoxy groups -OCH3 is 1. The molecular weight excluding hydrogens is 434 g/mol. The van der Waals surface area contributed by atoms with E-state index >= 15 is 0 Å². The number of anilines is 1. The third-order valence-electron chi connectivity index (χ3n) is 3.67. The van der Waals surface area contributed by atoms with Crippen LogP contribution in [0.3, 0.4) is 0 Å². The smallest absolute Gasteiger partial charge is 0.270 e. The highest BCUT2D eigenvalue weighted by Gasteiger charge is 2.34. The Morgan fingerprint density at radius 1 is 1.23 bits per heavy atom. The second kappa shape index (κ2) is 8.24. The van der Waals surface area contributed by atoms with Gasteiger partial charge in [-0.25, -0.2) is 0 Å².